The first-order chi connectivity index (χ1) is 8.94. The Balaban J connectivity index is 2.52. The highest BCUT2D eigenvalue weighted by Gasteiger charge is 2.24. The highest BCUT2D eigenvalue weighted by molar-refractivity contribution is 7.92. The zero-order chi connectivity index (χ0) is 14.0. The van der Waals surface area contributed by atoms with Gasteiger partial charge in [0.15, 0.2) is 5.03 Å². The van der Waals surface area contributed by atoms with Gasteiger partial charge in [-0.1, -0.05) is 12.1 Å². The van der Waals surface area contributed by atoms with Gasteiger partial charge in [-0.05, 0) is 12.1 Å². The van der Waals surface area contributed by atoms with Crippen LogP contribution in [0.4, 0.5) is 5.69 Å². The van der Waals surface area contributed by atoms with Crippen LogP contribution in [0.15, 0.2) is 41.8 Å². The van der Waals surface area contributed by atoms with Crippen molar-refractivity contribution in [2.75, 3.05) is 11.4 Å². The Labute approximate surface area is 110 Å². The maximum absolute atomic E-state index is 12.3. The lowest BCUT2D eigenvalue weighted by Crippen LogP contribution is -2.29. The summed E-state index contributed by atoms with van der Waals surface area (Å²) in [5.41, 5.74) is 6.15. The molecule has 2 aromatic rings. The van der Waals surface area contributed by atoms with Crippen LogP contribution in [0.2, 0.25) is 0 Å². The molecule has 7 nitrogen and oxygen atoms in total. The highest BCUT2D eigenvalue weighted by atomic mass is 32.2. The van der Waals surface area contributed by atoms with E-state index in [2.05, 4.69) is 9.97 Å². The van der Waals surface area contributed by atoms with E-state index >= 15 is 0 Å². The van der Waals surface area contributed by atoms with Gasteiger partial charge in [-0.25, -0.2) is 4.98 Å². The van der Waals surface area contributed by atoms with Crippen LogP contribution in [0.5, 0.6) is 0 Å². The molecule has 4 N–H and O–H groups in total. The molecule has 19 heavy (non-hydrogen) atoms. The lowest BCUT2D eigenvalue weighted by Gasteiger charge is -2.20. The Bertz CT molecular complexity index is 694. The standard InChI is InChI=1S/C11H13N5O2S/c1-16(19(17,18)10-6-14-7-15-10)9-5-3-2-4-8(9)11(12)13/h2-7H,1H3,(H3,12,13)(H,14,15). The van der Waals surface area contributed by atoms with Crippen molar-refractivity contribution in [1.29, 1.82) is 5.41 Å². The largest absolute Gasteiger partial charge is 0.384 e. The van der Waals surface area contributed by atoms with Crippen molar-refractivity contribution in [3.05, 3.63) is 42.4 Å². The number of nitrogens with two attached hydrogens (primary N) is 1. The molecule has 0 aliphatic carbocycles. The van der Waals surface area contributed by atoms with Crippen LogP contribution in [-0.2, 0) is 10.0 Å². The van der Waals surface area contributed by atoms with Gasteiger partial charge in [-0.2, -0.15) is 8.42 Å². The fourth-order valence-corrected chi connectivity index (χ4v) is 2.75. The number of nitrogen functional groups attached to an aromatic ring is 1. The molecule has 0 saturated heterocycles. The van der Waals surface area contributed by atoms with Crippen molar-refractivity contribution in [2.45, 2.75) is 5.03 Å². The number of amidine groups is 1. The number of nitrogens with one attached hydrogen (secondary N) is 2. The van der Waals surface area contributed by atoms with Crippen molar-refractivity contribution in [1.82, 2.24) is 9.97 Å². The van der Waals surface area contributed by atoms with Crippen molar-refractivity contribution in [3.63, 3.8) is 0 Å². The Morgan fingerprint density at radius 3 is 2.68 bits per heavy atom. The molecule has 0 spiro atoms. The zero-order valence-corrected chi connectivity index (χ0v) is 11.0. The van der Waals surface area contributed by atoms with Crippen LogP contribution in [0.3, 0.4) is 0 Å². The van der Waals surface area contributed by atoms with Gasteiger partial charge in [-0.3, -0.25) is 9.71 Å². The summed E-state index contributed by atoms with van der Waals surface area (Å²) >= 11 is 0. The number of hydrogen-bond donors (Lipinski definition) is 3. The summed E-state index contributed by atoms with van der Waals surface area (Å²) in [7, 11) is -2.34. The summed E-state index contributed by atoms with van der Waals surface area (Å²) < 4.78 is 25.7. The Kier molecular flexibility index (Phi) is 3.26. The lowest BCUT2D eigenvalue weighted by molar-refractivity contribution is 0.591. The molecule has 8 heteroatoms. The van der Waals surface area contributed by atoms with Gasteiger partial charge in [0, 0.05) is 12.6 Å². The number of anilines is 1. The third kappa shape index (κ3) is 2.29. The molecule has 0 amide bonds. The SMILES string of the molecule is CN(c1ccccc1C(=N)N)S(=O)(=O)c1cnc[nH]1. The fourth-order valence-electron chi connectivity index (χ4n) is 1.64. The molecular weight excluding hydrogens is 266 g/mol. The second-order valence-electron chi connectivity index (χ2n) is 3.82. The topological polar surface area (TPSA) is 116 Å². The summed E-state index contributed by atoms with van der Waals surface area (Å²) in [6.07, 6.45) is 2.51. The van der Waals surface area contributed by atoms with E-state index in [0.717, 1.165) is 4.31 Å². The number of nitrogens with zero attached hydrogens (tertiary/aromatic N) is 2. The average molecular weight is 279 g/mol. The van der Waals surface area contributed by atoms with Gasteiger partial charge >= 0.3 is 0 Å². The van der Waals surface area contributed by atoms with Gasteiger partial charge in [0.05, 0.1) is 18.2 Å². The first-order valence-electron chi connectivity index (χ1n) is 5.35. The quantitative estimate of drug-likeness (QED) is 0.558. The normalized spacial score (nSPS) is 11.2. The van der Waals surface area contributed by atoms with Crippen LogP contribution in [0.25, 0.3) is 0 Å². The van der Waals surface area contributed by atoms with E-state index in [0.29, 0.717) is 11.3 Å². The van der Waals surface area contributed by atoms with Crippen LogP contribution in [0, 0.1) is 5.41 Å². The van der Waals surface area contributed by atoms with E-state index in [1.54, 1.807) is 24.3 Å². The van der Waals surface area contributed by atoms with Crippen molar-refractivity contribution in [2.24, 2.45) is 5.73 Å². The third-order valence-corrected chi connectivity index (χ3v) is 4.34. The first-order valence-corrected chi connectivity index (χ1v) is 6.79. The van der Waals surface area contributed by atoms with E-state index in [-0.39, 0.29) is 10.9 Å². The minimum atomic E-state index is -3.74. The van der Waals surface area contributed by atoms with E-state index < -0.39 is 10.0 Å². The molecule has 0 atom stereocenters. The summed E-state index contributed by atoms with van der Waals surface area (Å²) in [6.45, 7) is 0. The number of hydrogen-bond acceptors (Lipinski definition) is 4. The molecule has 2 rings (SSSR count). The number of para-hydroxylation sites is 1. The number of aromatic nitrogens is 2. The average Bonchev–Trinajstić information content (AvgIpc) is 2.92. The summed E-state index contributed by atoms with van der Waals surface area (Å²) in [5, 5.41) is 7.46. The second kappa shape index (κ2) is 4.73. The number of aromatic amines is 1. The van der Waals surface area contributed by atoms with Crippen LogP contribution < -0.4 is 10.0 Å². The molecule has 0 fully saturated rings. The number of imidazole rings is 1. The van der Waals surface area contributed by atoms with Crippen LogP contribution >= 0.6 is 0 Å². The van der Waals surface area contributed by atoms with Gasteiger partial charge < -0.3 is 10.7 Å². The van der Waals surface area contributed by atoms with Crippen molar-refractivity contribution < 1.29 is 8.42 Å². The maximum Gasteiger partial charge on any atom is 0.281 e. The Morgan fingerprint density at radius 1 is 1.42 bits per heavy atom. The maximum atomic E-state index is 12.3. The molecule has 0 radical (unpaired) electrons. The number of rotatable bonds is 4. The molecule has 0 saturated carbocycles. The van der Waals surface area contributed by atoms with Crippen molar-refractivity contribution in [3.8, 4) is 0 Å². The first kappa shape index (κ1) is 13.1. The summed E-state index contributed by atoms with van der Waals surface area (Å²) in [5.74, 6) is -0.192. The smallest absolute Gasteiger partial charge is 0.281 e. The lowest BCUT2D eigenvalue weighted by atomic mass is 10.1. The van der Waals surface area contributed by atoms with E-state index in [4.69, 9.17) is 11.1 Å². The number of H-pyrrole nitrogens is 1. The van der Waals surface area contributed by atoms with E-state index in [1.807, 2.05) is 0 Å². The molecule has 0 aliphatic heterocycles. The molecule has 0 unspecified atom stereocenters. The highest BCUT2D eigenvalue weighted by Crippen LogP contribution is 2.24. The minimum Gasteiger partial charge on any atom is -0.384 e. The van der Waals surface area contributed by atoms with Crippen molar-refractivity contribution >= 4 is 21.5 Å². The van der Waals surface area contributed by atoms with E-state index in [9.17, 15) is 8.42 Å². The zero-order valence-electron chi connectivity index (χ0n) is 10.2. The van der Waals surface area contributed by atoms with E-state index in [1.165, 1.54) is 19.6 Å². The summed E-state index contributed by atoms with van der Waals surface area (Å²) in [6, 6.07) is 6.55. The molecule has 100 valence electrons. The van der Waals surface area contributed by atoms with Gasteiger partial charge in [-0.15, -0.1) is 0 Å². The Hall–Kier alpha value is -2.35. The number of sulfonamides is 1. The fraction of sp³-hybridized carbons (Fsp3) is 0.0909. The van der Waals surface area contributed by atoms with Gasteiger partial charge in [0.25, 0.3) is 10.0 Å². The molecule has 1 heterocycles. The third-order valence-electron chi connectivity index (χ3n) is 2.65. The molecule has 1 aromatic carbocycles. The van der Waals surface area contributed by atoms with Crippen LogP contribution in [-0.4, -0.2) is 31.3 Å². The second-order valence-corrected chi connectivity index (χ2v) is 5.76. The predicted octanol–water partition coefficient (Wildman–Crippen LogP) is 0.519. The molecular formula is C11H13N5O2S. The van der Waals surface area contributed by atoms with Gasteiger partial charge in [0.1, 0.15) is 5.84 Å². The minimum absolute atomic E-state index is 0.0200. The number of benzene rings is 1. The Morgan fingerprint density at radius 2 is 2.11 bits per heavy atom. The molecule has 0 bridgehead atoms. The summed E-state index contributed by atoms with van der Waals surface area (Å²) in [4.78, 5) is 6.24. The monoisotopic (exact) mass is 279 g/mol. The predicted molar refractivity (Wildman–Crippen MR) is 71.6 cm³/mol. The van der Waals surface area contributed by atoms with Crippen LogP contribution in [0.1, 0.15) is 5.56 Å². The molecule has 0 aliphatic rings. The van der Waals surface area contributed by atoms with Gasteiger partial charge in [0.2, 0.25) is 0 Å². The molecule has 1 aromatic heterocycles.